The van der Waals surface area contributed by atoms with Gasteiger partial charge >= 0.3 is 6.09 Å². The molecule has 1 amide bonds. The fourth-order valence-electron chi connectivity index (χ4n) is 1.77. The van der Waals surface area contributed by atoms with Crippen LogP contribution in [0.5, 0.6) is 0 Å². The maximum absolute atomic E-state index is 11.3. The zero-order valence-corrected chi connectivity index (χ0v) is 10.5. The molecule has 18 heavy (non-hydrogen) atoms. The number of carbonyl (C=O) groups excluding carboxylic acids is 1. The average Bonchev–Trinajstić information content (AvgIpc) is 3.14. The van der Waals surface area contributed by atoms with Gasteiger partial charge in [-0.1, -0.05) is 30.3 Å². The van der Waals surface area contributed by atoms with Crippen molar-refractivity contribution in [1.29, 1.82) is 0 Å². The first kappa shape index (κ1) is 12.9. The molecule has 0 spiro atoms. The van der Waals surface area contributed by atoms with Crippen molar-refractivity contribution < 1.29 is 9.53 Å². The lowest BCUT2D eigenvalue weighted by Crippen LogP contribution is -2.42. The molecular formula is C14H20N2O2. The Morgan fingerprint density at radius 1 is 1.39 bits per heavy atom. The third kappa shape index (κ3) is 4.75. The highest BCUT2D eigenvalue weighted by atomic mass is 16.6. The first-order chi connectivity index (χ1) is 8.74. The number of benzene rings is 1. The van der Waals surface area contributed by atoms with Crippen LogP contribution in [0, 0.1) is 0 Å². The van der Waals surface area contributed by atoms with Crippen LogP contribution in [0.4, 0.5) is 4.79 Å². The number of hydrogen-bond acceptors (Lipinski definition) is 3. The molecule has 3 N–H and O–H groups in total. The van der Waals surface area contributed by atoms with Gasteiger partial charge in [0.25, 0.3) is 0 Å². The molecule has 0 bridgehead atoms. The molecule has 4 nitrogen and oxygen atoms in total. The van der Waals surface area contributed by atoms with Crippen LogP contribution < -0.4 is 11.1 Å². The van der Waals surface area contributed by atoms with Crippen molar-refractivity contribution in [2.45, 2.75) is 44.4 Å². The average molecular weight is 248 g/mol. The van der Waals surface area contributed by atoms with E-state index in [0.717, 1.165) is 32.1 Å². The van der Waals surface area contributed by atoms with E-state index in [1.807, 2.05) is 18.2 Å². The van der Waals surface area contributed by atoms with Gasteiger partial charge in [0, 0.05) is 0 Å². The summed E-state index contributed by atoms with van der Waals surface area (Å²) in [6.45, 7) is 0. The predicted molar refractivity (Wildman–Crippen MR) is 70.0 cm³/mol. The maximum Gasteiger partial charge on any atom is 0.408 e. The van der Waals surface area contributed by atoms with E-state index in [-0.39, 0.29) is 18.4 Å². The second-order valence-electron chi connectivity index (χ2n) is 4.73. The third-order valence-corrected chi connectivity index (χ3v) is 2.92. The Labute approximate surface area is 108 Å². The summed E-state index contributed by atoms with van der Waals surface area (Å²) in [5, 5.41) is 2.65. The second kappa shape index (κ2) is 6.40. The summed E-state index contributed by atoms with van der Waals surface area (Å²) in [5.74, 6) is 0. The number of hydrogen-bond donors (Lipinski definition) is 2. The molecule has 1 aliphatic rings. The summed E-state index contributed by atoms with van der Waals surface area (Å²) >= 11 is 0. The van der Waals surface area contributed by atoms with Gasteiger partial charge in [-0.05, 0) is 37.7 Å². The number of alkyl carbamates (subject to hydrolysis) is 1. The number of nitrogens with two attached hydrogens (primary N) is 1. The van der Waals surface area contributed by atoms with E-state index in [1.54, 1.807) is 0 Å². The van der Waals surface area contributed by atoms with Crippen LogP contribution in [0.15, 0.2) is 30.3 Å². The zero-order valence-electron chi connectivity index (χ0n) is 10.5. The van der Waals surface area contributed by atoms with Gasteiger partial charge in [0.15, 0.2) is 0 Å². The van der Waals surface area contributed by atoms with Crippen LogP contribution in [0.3, 0.4) is 0 Å². The summed E-state index contributed by atoms with van der Waals surface area (Å²) in [7, 11) is 0. The SMILES string of the molecule is N[C@@H](CCCc1ccccc1)NC(=O)OC1CC1. The smallest absolute Gasteiger partial charge is 0.408 e. The molecule has 0 saturated heterocycles. The van der Waals surface area contributed by atoms with E-state index in [1.165, 1.54) is 5.56 Å². The summed E-state index contributed by atoms with van der Waals surface area (Å²) in [6.07, 6.45) is 4.08. The van der Waals surface area contributed by atoms with Crippen LogP contribution in [0.1, 0.15) is 31.2 Å². The van der Waals surface area contributed by atoms with E-state index >= 15 is 0 Å². The molecule has 1 saturated carbocycles. The summed E-state index contributed by atoms with van der Waals surface area (Å²) in [4.78, 5) is 11.3. The van der Waals surface area contributed by atoms with E-state index in [9.17, 15) is 4.79 Å². The molecular weight excluding hydrogens is 228 g/mol. The Morgan fingerprint density at radius 2 is 2.11 bits per heavy atom. The van der Waals surface area contributed by atoms with Crippen molar-refractivity contribution in [2.75, 3.05) is 0 Å². The Balaban J connectivity index is 1.59. The summed E-state index contributed by atoms with van der Waals surface area (Å²) in [5.41, 5.74) is 7.12. The second-order valence-corrected chi connectivity index (χ2v) is 4.73. The number of rotatable bonds is 6. The van der Waals surface area contributed by atoms with E-state index in [0.29, 0.717) is 0 Å². The first-order valence-corrected chi connectivity index (χ1v) is 6.50. The van der Waals surface area contributed by atoms with Crippen LogP contribution >= 0.6 is 0 Å². The van der Waals surface area contributed by atoms with Crippen molar-refractivity contribution in [3.05, 3.63) is 35.9 Å². The van der Waals surface area contributed by atoms with Crippen LogP contribution in [0.25, 0.3) is 0 Å². The Morgan fingerprint density at radius 3 is 2.78 bits per heavy atom. The highest BCUT2D eigenvalue weighted by molar-refractivity contribution is 5.67. The fraction of sp³-hybridized carbons (Fsp3) is 0.500. The Bertz CT molecular complexity index is 377. The molecule has 1 fully saturated rings. The minimum absolute atomic E-state index is 0.126. The topological polar surface area (TPSA) is 64.3 Å². The number of amides is 1. The highest BCUT2D eigenvalue weighted by Gasteiger charge is 2.26. The standard InChI is InChI=1S/C14H20N2O2/c15-13(16-14(17)18-12-9-10-12)8-4-7-11-5-2-1-3-6-11/h1-3,5-6,12-13H,4,7-10,15H2,(H,16,17)/t13-/m1/s1. The monoisotopic (exact) mass is 248 g/mol. The molecule has 0 radical (unpaired) electrons. The lowest BCUT2D eigenvalue weighted by atomic mass is 10.1. The molecule has 1 atom stereocenters. The normalized spacial score (nSPS) is 16.1. The van der Waals surface area contributed by atoms with Gasteiger partial charge in [0.05, 0.1) is 6.17 Å². The van der Waals surface area contributed by atoms with Crippen LogP contribution in [-0.4, -0.2) is 18.4 Å². The van der Waals surface area contributed by atoms with Gasteiger partial charge in [-0.15, -0.1) is 0 Å². The minimum atomic E-state index is -0.385. The molecule has 0 aromatic heterocycles. The number of ether oxygens (including phenoxy) is 1. The van der Waals surface area contributed by atoms with E-state index < -0.39 is 0 Å². The van der Waals surface area contributed by atoms with Crippen molar-refractivity contribution in [3.63, 3.8) is 0 Å². The van der Waals surface area contributed by atoms with Gasteiger partial charge in [0.1, 0.15) is 6.10 Å². The maximum atomic E-state index is 11.3. The molecule has 0 aliphatic heterocycles. The summed E-state index contributed by atoms with van der Waals surface area (Å²) < 4.78 is 5.07. The molecule has 1 aromatic rings. The Hall–Kier alpha value is -1.55. The summed E-state index contributed by atoms with van der Waals surface area (Å²) in [6, 6.07) is 10.3. The quantitative estimate of drug-likeness (QED) is 0.758. The van der Waals surface area contributed by atoms with Gasteiger partial charge < -0.3 is 15.8 Å². The lowest BCUT2D eigenvalue weighted by Gasteiger charge is -2.13. The van der Waals surface area contributed by atoms with Gasteiger partial charge in [0.2, 0.25) is 0 Å². The molecule has 1 aliphatic carbocycles. The molecule has 0 heterocycles. The van der Waals surface area contributed by atoms with E-state index in [2.05, 4.69) is 17.4 Å². The lowest BCUT2D eigenvalue weighted by molar-refractivity contribution is 0.135. The molecule has 98 valence electrons. The van der Waals surface area contributed by atoms with Crippen molar-refractivity contribution in [3.8, 4) is 0 Å². The van der Waals surface area contributed by atoms with Gasteiger partial charge in [-0.25, -0.2) is 4.79 Å². The van der Waals surface area contributed by atoms with Gasteiger partial charge in [-0.3, -0.25) is 0 Å². The minimum Gasteiger partial charge on any atom is -0.446 e. The molecule has 4 heteroatoms. The van der Waals surface area contributed by atoms with Crippen LogP contribution in [-0.2, 0) is 11.2 Å². The predicted octanol–water partition coefficient (Wildman–Crippen LogP) is 2.18. The van der Waals surface area contributed by atoms with Crippen LogP contribution in [0.2, 0.25) is 0 Å². The number of aryl methyl sites for hydroxylation is 1. The molecule has 0 unspecified atom stereocenters. The molecule has 1 aromatic carbocycles. The fourth-order valence-corrected chi connectivity index (χ4v) is 1.77. The van der Waals surface area contributed by atoms with Crippen molar-refractivity contribution >= 4 is 6.09 Å². The van der Waals surface area contributed by atoms with Gasteiger partial charge in [-0.2, -0.15) is 0 Å². The highest BCUT2D eigenvalue weighted by Crippen LogP contribution is 2.23. The van der Waals surface area contributed by atoms with E-state index in [4.69, 9.17) is 10.5 Å². The largest absolute Gasteiger partial charge is 0.446 e. The first-order valence-electron chi connectivity index (χ1n) is 6.50. The van der Waals surface area contributed by atoms with Crippen molar-refractivity contribution in [1.82, 2.24) is 5.32 Å². The molecule has 2 rings (SSSR count). The Kier molecular flexibility index (Phi) is 4.59. The van der Waals surface area contributed by atoms with Crippen molar-refractivity contribution in [2.24, 2.45) is 5.73 Å². The zero-order chi connectivity index (χ0) is 12.8. The third-order valence-electron chi connectivity index (χ3n) is 2.92. The number of carbonyl (C=O) groups is 1. The number of nitrogens with one attached hydrogen (secondary N) is 1.